The molecule has 13 nitrogen and oxygen atoms in total. The molecule has 4 atom stereocenters. The minimum Gasteiger partial charge on any atom is -0.481 e. The van der Waals surface area contributed by atoms with Crippen LogP contribution >= 0.6 is 0 Å². The van der Waals surface area contributed by atoms with Gasteiger partial charge in [-0.1, -0.05) is 115 Å². The van der Waals surface area contributed by atoms with Gasteiger partial charge in [-0.15, -0.1) is 5.10 Å². The number of carbonyl (C=O) groups excluding carboxylic acids is 2. The molecule has 1 unspecified atom stereocenters. The van der Waals surface area contributed by atoms with Gasteiger partial charge in [0.15, 0.2) is 0 Å². The Morgan fingerprint density at radius 1 is 0.796 bits per heavy atom. The van der Waals surface area contributed by atoms with Crippen LogP contribution in [-0.4, -0.2) is 82.6 Å². The monoisotopic (exact) mass is 762 g/mol. The standard InChI is InChI=1S/C41H71N5O8/c1-3-4-5-6-7-9-12-15-18-25-41(39(50)51,26-19-16-13-10-8-11-14-17-20-37(47)48)38(49)43-27-29-53-30-28-46-36-24-22-33-32(21-23-35(36)44-45-46)34(33)31-54-40(52)42-2/h32-34H,3-31H2,1-2H3,(H,42,52)(H,43,49)(H,47,48)(H,50,51)/t32-,33+,34-,41?/m1/s1. The lowest BCUT2D eigenvalue weighted by molar-refractivity contribution is -0.157. The number of hydrogen-bond donors (Lipinski definition) is 4. The predicted molar refractivity (Wildman–Crippen MR) is 207 cm³/mol. The summed E-state index contributed by atoms with van der Waals surface area (Å²) in [6.07, 6.45) is 21.6. The SMILES string of the molecule is CCCCCCCCCCCC(CCCCCCCCCCC(=O)O)(C(=O)O)C(=O)NCCOCCn1nnc2c1CC[C@H]1[C@@H](CC2)[C@H]1COC(=O)NC. The molecule has 0 aliphatic heterocycles. The lowest BCUT2D eigenvalue weighted by Crippen LogP contribution is -2.47. The molecule has 1 heterocycles. The van der Waals surface area contributed by atoms with E-state index < -0.39 is 23.3 Å². The molecule has 2 aliphatic carbocycles. The number of alkyl carbamates (subject to hydrolysis) is 1. The first-order chi connectivity index (χ1) is 26.2. The number of rotatable bonds is 31. The number of hydrogen-bond acceptors (Lipinski definition) is 8. The fraction of sp³-hybridized carbons (Fsp3) is 0.854. The summed E-state index contributed by atoms with van der Waals surface area (Å²) in [4.78, 5) is 48.7. The predicted octanol–water partition coefficient (Wildman–Crippen LogP) is 7.49. The highest BCUT2D eigenvalue weighted by Crippen LogP contribution is 2.53. The molecular formula is C41H71N5O8. The minimum absolute atomic E-state index is 0.220. The Labute approximate surface area is 323 Å². The van der Waals surface area contributed by atoms with Crippen LogP contribution in [0.1, 0.15) is 160 Å². The summed E-state index contributed by atoms with van der Waals surface area (Å²) in [5.41, 5.74) is 0.730. The molecule has 2 amide bonds. The summed E-state index contributed by atoms with van der Waals surface area (Å²) in [6, 6.07) is 0. The molecule has 0 radical (unpaired) electrons. The number of carbonyl (C=O) groups is 4. The molecule has 0 aromatic carbocycles. The van der Waals surface area contributed by atoms with Gasteiger partial charge in [-0.25, -0.2) is 9.48 Å². The van der Waals surface area contributed by atoms with Gasteiger partial charge in [-0.3, -0.25) is 14.4 Å². The zero-order valence-corrected chi connectivity index (χ0v) is 33.4. The first-order valence-corrected chi connectivity index (χ1v) is 21.3. The second kappa shape index (κ2) is 25.8. The molecule has 0 spiro atoms. The van der Waals surface area contributed by atoms with Gasteiger partial charge >= 0.3 is 18.0 Å². The third-order valence-corrected chi connectivity index (χ3v) is 11.7. The van der Waals surface area contributed by atoms with E-state index in [0.29, 0.717) is 63.2 Å². The smallest absolute Gasteiger partial charge is 0.406 e. The lowest BCUT2D eigenvalue weighted by atomic mass is 9.76. The van der Waals surface area contributed by atoms with E-state index in [1.165, 1.54) is 32.1 Å². The van der Waals surface area contributed by atoms with Gasteiger partial charge in [-0.05, 0) is 62.7 Å². The van der Waals surface area contributed by atoms with Crippen LogP contribution in [0, 0.1) is 23.2 Å². The Hall–Kier alpha value is -3.22. The number of aryl methyl sites for hydroxylation is 1. The van der Waals surface area contributed by atoms with Gasteiger partial charge < -0.3 is 30.3 Å². The van der Waals surface area contributed by atoms with Crippen LogP contribution in [0.4, 0.5) is 4.79 Å². The summed E-state index contributed by atoms with van der Waals surface area (Å²) in [5, 5.41) is 33.5. The van der Waals surface area contributed by atoms with Crippen LogP contribution in [0.25, 0.3) is 0 Å². The first kappa shape index (κ1) is 45.2. The van der Waals surface area contributed by atoms with E-state index >= 15 is 0 Å². The van der Waals surface area contributed by atoms with E-state index in [2.05, 4.69) is 27.9 Å². The summed E-state index contributed by atoms with van der Waals surface area (Å²) in [6.45, 7) is 4.15. The zero-order valence-electron chi connectivity index (χ0n) is 33.4. The topological polar surface area (TPSA) is 182 Å². The fourth-order valence-electron chi connectivity index (χ4n) is 8.32. The van der Waals surface area contributed by atoms with E-state index in [-0.39, 0.29) is 25.7 Å². The molecule has 1 fully saturated rings. The number of aliphatic carboxylic acids is 2. The number of ether oxygens (including phenoxy) is 2. The number of amides is 2. The Morgan fingerprint density at radius 2 is 1.37 bits per heavy atom. The van der Waals surface area contributed by atoms with E-state index in [0.717, 1.165) is 101 Å². The van der Waals surface area contributed by atoms with Gasteiger partial charge in [0.05, 0.1) is 37.8 Å². The van der Waals surface area contributed by atoms with E-state index in [1.54, 1.807) is 7.05 Å². The highest BCUT2D eigenvalue weighted by molar-refractivity contribution is 6.01. The fourth-order valence-corrected chi connectivity index (χ4v) is 8.32. The van der Waals surface area contributed by atoms with Crippen molar-refractivity contribution in [3.05, 3.63) is 11.4 Å². The van der Waals surface area contributed by atoms with Crippen molar-refractivity contribution in [2.75, 3.05) is 33.4 Å². The maximum absolute atomic E-state index is 13.6. The third-order valence-electron chi connectivity index (χ3n) is 11.7. The average Bonchev–Trinajstić information content (AvgIpc) is 3.66. The molecule has 2 aliphatic rings. The van der Waals surface area contributed by atoms with Gasteiger partial charge in [-0.2, -0.15) is 0 Å². The summed E-state index contributed by atoms with van der Waals surface area (Å²) in [7, 11) is 1.57. The quantitative estimate of drug-likeness (QED) is 0.0437. The van der Waals surface area contributed by atoms with E-state index in [4.69, 9.17) is 14.6 Å². The van der Waals surface area contributed by atoms with Crippen molar-refractivity contribution in [1.82, 2.24) is 25.6 Å². The van der Waals surface area contributed by atoms with Gasteiger partial charge in [0.2, 0.25) is 5.91 Å². The third kappa shape index (κ3) is 15.9. The minimum atomic E-state index is -1.44. The van der Waals surface area contributed by atoms with Crippen molar-refractivity contribution in [2.24, 2.45) is 23.2 Å². The van der Waals surface area contributed by atoms with E-state index in [1.807, 2.05) is 4.68 Å². The van der Waals surface area contributed by atoms with Crippen molar-refractivity contribution in [2.45, 2.75) is 168 Å². The van der Waals surface area contributed by atoms with Crippen molar-refractivity contribution >= 4 is 23.9 Å². The van der Waals surface area contributed by atoms with Crippen molar-refractivity contribution in [3.8, 4) is 0 Å². The molecule has 1 aromatic rings. The highest BCUT2D eigenvalue weighted by atomic mass is 16.5. The number of aromatic nitrogens is 3. The highest BCUT2D eigenvalue weighted by Gasteiger charge is 2.50. The summed E-state index contributed by atoms with van der Waals surface area (Å²) >= 11 is 0. The van der Waals surface area contributed by atoms with Crippen LogP contribution in [0.3, 0.4) is 0 Å². The largest absolute Gasteiger partial charge is 0.481 e. The molecule has 54 heavy (non-hydrogen) atoms. The number of nitrogens with one attached hydrogen (secondary N) is 2. The Balaban J connectivity index is 1.41. The zero-order chi connectivity index (χ0) is 39.0. The Bertz CT molecular complexity index is 1260. The normalized spacial score (nSPS) is 18.7. The number of fused-ring (bicyclic) bond motifs is 2. The van der Waals surface area contributed by atoms with Crippen molar-refractivity contribution in [1.29, 1.82) is 0 Å². The van der Waals surface area contributed by atoms with Crippen LogP contribution in [0.2, 0.25) is 0 Å². The second-order valence-electron chi connectivity index (χ2n) is 15.7. The number of unbranched alkanes of at least 4 members (excludes halogenated alkanes) is 15. The maximum Gasteiger partial charge on any atom is 0.406 e. The molecule has 0 bridgehead atoms. The maximum atomic E-state index is 13.6. The molecule has 1 aromatic heterocycles. The summed E-state index contributed by atoms with van der Waals surface area (Å²) in [5.74, 6) is -0.664. The molecule has 4 N–H and O–H groups in total. The second-order valence-corrected chi connectivity index (χ2v) is 15.7. The van der Waals surface area contributed by atoms with Crippen molar-refractivity contribution < 1.29 is 38.9 Å². The summed E-state index contributed by atoms with van der Waals surface area (Å²) < 4.78 is 13.1. The number of carboxylic acid groups (broad SMARTS) is 2. The van der Waals surface area contributed by atoms with Crippen LogP contribution in [0.5, 0.6) is 0 Å². The van der Waals surface area contributed by atoms with Crippen LogP contribution in [-0.2, 0) is 43.2 Å². The van der Waals surface area contributed by atoms with Gasteiger partial charge in [0, 0.05) is 20.0 Å². The Morgan fingerprint density at radius 3 is 1.94 bits per heavy atom. The average molecular weight is 762 g/mol. The molecule has 1 saturated carbocycles. The van der Waals surface area contributed by atoms with Crippen molar-refractivity contribution in [3.63, 3.8) is 0 Å². The van der Waals surface area contributed by atoms with Crippen LogP contribution in [0.15, 0.2) is 0 Å². The molecule has 13 heteroatoms. The lowest BCUT2D eigenvalue weighted by Gasteiger charge is -2.28. The molecule has 0 saturated heterocycles. The molecular weight excluding hydrogens is 690 g/mol. The van der Waals surface area contributed by atoms with Gasteiger partial charge in [0.25, 0.3) is 0 Å². The molecule has 308 valence electrons. The van der Waals surface area contributed by atoms with Gasteiger partial charge in [0.1, 0.15) is 5.41 Å². The number of nitrogens with zero attached hydrogens (tertiary/aromatic N) is 3. The Kier molecular flexibility index (Phi) is 21.6. The first-order valence-electron chi connectivity index (χ1n) is 21.3. The van der Waals surface area contributed by atoms with Crippen LogP contribution < -0.4 is 10.6 Å². The number of carboxylic acids is 2. The molecule has 3 rings (SSSR count). The van der Waals surface area contributed by atoms with E-state index in [9.17, 15) is 24.3 Å².